The molecule has 0 aliphatic carbocycles. The third kappa shape index (κ3) is 7.77. The molecule has 0 spiro atoms. The first-order valence-corrected chi connectivity index (χ1v) is 11.1. The first kappa shape index (κ1) is 25.6. The number of benzene rings is 3. The van der Waals surface area contributed by atoms with Crippen molar-refractivity contribution in [2.45, 2.75) is 25.9 Å². The third-order valence-corrected chi connectivity index (χ3v) is 4.94. The van der Waals surface area contributed by atoms with E-state index in [0.29, 0.717) is 23.7 Å². The maximum absolute atomic E-state index is 12.9. The van der Waals surface area contributed by atoms with Crippen LogP contribution in [-0.4, -0.2) is 25.0 Å². The molecule has 0 aliphatic heterocycles. The molecule has 0 aliphatic rings. The zero-order chi connectivity index (χ0) is 25.3. The van der Waals surface area contributed by atoms with Crippen LogP contribution in [0.3, 0.4) is 0 Å². The molecule has 0 unspecified atom stereocenters. The molecule has 35 heavy (non-hydrogen) atoms. The Labute approximate surface area is 201 Å². The molecule has 184 valence electrons. The van der Waals surface area contributed by atoms with E-state index in [9.17, 15) is 22.8 Å². The standard InChI is InChI=1S/C26H26F3N3O3/c1-2-3-14-35-23-13-5-4-12-22(23)30-17-24(33)31-20-10-6-8-18(15-20)25(34)32-21-11-7-9-19(16-21)26(27,28)29/h4-13,15-16,30H,2-3,14,17H2,1H3,(H,31,33)(H,32,34). The highest BCUT2D eigenvalue weighted by atomic mass is 19.4. The molecular weight excluding hydrogens is 459 g/mol. The number of carbonyl (C=O) groups is 2. The largest absolute Gasteiger partial charge is 0.491 e. The molecule has 9 heteroatoms. The predicted octanol–water partition coefficient (Wildman–Crippen LogP) is 6.19. The second-order valence-electron chi connectivity index (χ2n) is 7.71. The van der Waals surface area contributed by atoms with Crippen LogP contribution in [0.4, 0.5) is 30.2 Å². The van der Waals surface area contributed by atoms with Gasteiger partial charge in [0.2, 0.25) is 5.91 Å². The molecule has 6 nitrogen and oxygen atoms in total. The fourth-order valence-corrected chi connectivity index (χ4v) is 3.16. The van der Waals surface area contributed by atoms with E-state index in [4.69, 9.17) is 4.74 Å². The van der Waals surface area contributed by atoms with Gasteiger partial charge in [-0.05, 0) is 55.0 Å². The maximum atomic E-state index is 12.9. The average Bonchev–Trinajstić information content (AvgIpc) is 2.83. The van der Waals surface area contributed by atoms with Gasteiger partial charge in [0.15, 0.2) is 0 Å². The van der Waals surface area contributed by atoms with Crippen molar-refractivity contribution in [2.24, 2.45) is 0 Å². The number of carbonyl (C=O) groups excluding carboxylic acids is 2. The number of alkyl halides is 3. The second kappa shape index (κ2) is 11.9. The van der Waals surface area contributed by atoms with E-state index in [2.05, 4.69) is 22.9 Å². The van der Waals surface area contributed by atoms with Gasteiger partial charge in [-0.15, -0.1) is 0 Å². The Morgan fingerprint density at radius 3 is 2.34 bits per heavy atom. The summed E-state index contributed by atoms with van der Waals surface area (Å²) in [6.07, 6.45) is -2.58. The van der Waals surface area contributed by atoms with Crippen LogP contribution in [0, 0.1) is 0 Å². The van der Waals surface area contributed by atoms with Crippen molar-refractivity contribution in [2.75, 3.05) is 29.1 Å². The van der Waals surface area contributed by atoms with Crippen molar-refractivity contribution >= 4 is 28.9 Å². The van der Waals surface area contributed by atoms with Crippen molar-refractivity contribution in [1.82, 2.24) is 0 Å². The van der Waals surface area contributed by atoms with Crippen LogP contribution in [0.25, 0.3) is 0 Å². The lowest BCUT2D eigenvalue weighted by atomic mass is 10.1. The minimum atomic E-state index is -4.51. The zero-order valence-electron chi connectivity index (χ0n) is 19.1. The predicted molar refractivity (Wildman–Crippen MR) is 130 cm³/mol. The SMILES string of the molecule is CCCCOc1ccccc1NCC(=O)Nc1cccc(C(=O)Nc2cccc(C(F)(F)F)c2)c1. The lowest BCUT2D eigenvalue weighted by Gasteiger charge is -2.13. The monoisotopic (exact) mass is 485 g/mol. The quantitative estimate of drug-likeness (QED) is 0.299. The maximum Gasteiger partial charge on any atom is 0.416 e. The van der Waals surface area contributed by atoms with Crippen LogP contribution in [0.1, 0.15) is 35.7 Å². The highest BCUT2D eigenvalue weighted by Crippen LogP contribution is 2.30. The second-order valence-corrected chi connectivity index (χ2v) is 7.71. The summed E-state index contributed by atoms with van der Waals surface area (Å²) in [5, 5.41) is 8.19. The highest BCUT2D eigenvalue weighted by molar-refractivity contribution is 6.05. The Morgan fingerprint density at radius 2 is 1.60 bits per heavy atom. The average molecular weight is 486 g/mol. The van der Waals surface area contributed by atoms with E-state index in [0.717, 1.165) is 25.0 Å². The van der Waals surface area contributed by atoms with E-state index in [1.54, 1.807) is 12.1 Å². The van der Waals surface area contributed by atoms with Crippen molar-refractivity contribution < 1.29 is 27.5 Å². The topological polar surface area (TPSA) is 79.5 Å². The minimum absolute atomic E-state index is 0.0169. The molecule has 0 bridgehead atoms. The molecule has 3 rings (SSSR count). The summed E-state index contributed by atoms with van der Waals surface area (Å²) in [6, 6.07) is 17.8. The molecule has 3 N–H and O–H groups in total. The van der Waals surface area contributed by atoms with Gasteiger partial charge in [0.1, 0.15) is 5.75 Å². The fourth-order valence-electron chi connectivity index (χ4n) is 3.16. The molecule has 2 amide bonds. The third-order valence-electron chi connectivity index (χ3n) is 4.94. The molecule has 3 aromatic rings. The molecule has 0 atom stereocenters. The highest BCUT2D eigenvalue weighted by Gasteiger charge is 2.30. The van der Waals surface area contributed by atoms with E-state index < -0.39 is 17.6 Å². The van der Waals surface area contributed by atoms with Crippen molar-refractivity contribution in [1.29, 1.82) is 0 Å². The summed E-state index contributed by atoms with van der Waals surface area (Å²) >= 11 is 0. The van der Waals surface area contributed by atoms with E-state index >= 15 is 0 Å². The van der Waals surface area contributed by atoms with Crippen LogP contribution >= 0.6 is 0 Å². The van der Waals surface area contributed by atoms with Gasteiger partial charge in [-0.2, -0.15) is 13.2 Å². The lowest BCUT2D eigenvalue weighted by molar-refractivity contribution is -0.137. The number of unbranched alkanes of at least 4 members (excludes halogenated alkanes) is 1. The van der Waals surface area contributed by atoms with E-state index in [1.807, 2.05) is 24.3 Å². The van der Waals surface area contributed by atoms with Gasteiger partial charge in [-0.25, -0.2) is 0 Å². The molecular formula is C26H26F3N3O3. The number of hydrogen-bond donors (Lipinski definition) is 3. The van der Waals surface area contributed by atoms with Crippen LogP contribution in [0.15, 0.2) is 72.8 Å². The van der Waals surface area contributed by atoms with Gasteiger partial charge < -0.3 is 20.7 Å². The first-order valence-electron chi connectivity index (χ1n) is 11.1. The number of amides is 2. The van der Waals surface area contributed by atoms with Gasteiger partial charge in [0.05, 0.1) is 24.4 Å². The number of anilines is 3. The Balaban J connectivity index is 1.59. The molecule has 0 saturated carbocycles. The molecule has 0 saturated heterocycles. The molecule has 0 heterocycles. The Hall–Kier alpha value is -4.01. The Kier molecular flexibility index (Phi) is 8.72. The molecule has 0 radical (unpaired) electrons. The lowest BCUT2D eigenvalue weighted by Crippen LogP contribution is -2.22. The summed E-state index contributed by atoms with van der Waals surface area (Å²) in [5.41, 5.74) is 0.404. The first-order chi connectivity index (χ1) is 16.8. The summed E-state index contributed by atoms with van der Waals surface area (Å²) < 4.78 is 44.4. The minimum Gasteiger partial charge on any atom is -0.491 e. The van der Waals surface area contributed by atoms with Crippen LogP contribution < -0.4 is 20.7 Å². The van der Waals surface area contributed by atoms with Crippen LogP contribution in [0.2, 0.25) is 0 Å². The zero-order valence-corrected chi connectivity index (χ0v) is 19.1. The van der Waals surface area contributed by atoms with Crippen LogP contribution in [0.5, 0.6) is 5.75 Å². The fraction of sp³-hybridized carbons (Fsp3) is 0.231. The van der Waals surface area contributed by atoms with Crippen molar-refractivity contribution in [3.05, 3.63) is 83.9 Å². The number of hydrogen-bond acceptors (Lipinski definition) is 4. The summed E-state index contributed by atoms with van der Waals surface area (Å²) in [6.45, 7) is 2.62. The Bertz CT molecular complexity index is 1170. The van der Waals surface area contributed by atoms with Gasteiger partial charge in [-0.3, -0.25) is 9.59 Å². The van der Waals surface area contributed by atoms with E-state index in [1.165, 1.54) is 24.3 Å². The van der Waals surface area contributed by atoms with Crippen molar-refractivity contribution in [3.8, 4) is 5.75 Å². The normalized spacial score (nSPS) is 11.0. The van der Waals surface area contributed by atoms with Gasteiger partial charge in [0.25, 0.3) is 5.91 Å². The summed E-state index contributed by atoms with van der Waals surface area (Å²) in [7, 11) is 0. The van der Waals surface area contributed by atoms with Gasteiger partial charge in [-0.1, -0.05) is 37.6 Å². The van der Waals surface area contributed by atoms with Gasteiger partial charge >= 0.3 is 6.18 Å². The number of halogens is 3. The summed E-state index contributed by atoms with van der Waals surface area (Å²) in [5.74, 6) is -0.289. The summed E-state index contributed by atoms with van der Waals surface area (Å²) in [4.78, 5) is 25.0. The van der Waals surface area contributed by atoms with E-state index in [-0.39, 0.29) is 23.7 Å². The molecule has 3 aromatic carbocycles. The number of para-hydroxylation sites is 2. The Morgan fingerprint density at radius 1 is 0.886 bits per heavy atom. The molecule has 0 aromatic heterocycles. The molecule has 0 fully saturated rings. The number of nitrogens with one attached hydrogen (secondary N) is 3. The van der Waals surface area contributed by atoms with Crippen LogP contribution in [-0.2, 0) is 11.0 Å². The number of ether oxygens (including phenoxy) is 1. The number of rotatable bonds is 10. The van der Waals surface area contributed by atoms with Gasteiger partial charge in [0, 0.05) is 16.9 Å². The van der Waals surface area contributed by atoms with Crippen molar-refractivity contribution in [3.63, 3.8) is 0 Å². The smallest absolute Gasteiger partial charge is 0.416 e.